The van der Waals surface area contributed by atoms with Crippen LogP contribution in [-0.2, 0) is 4.74 Å². The molecule has 0 fully saturated rings. The fourth-order valence-corrected chi connectivity index (χ4v) is 0.342. The van der Waals surface area contributed by atoms with Crippen LogP contribution in [0, 0.1) is 0 Å². The summed E-state index contributed by atoms with van der Waals surface area (Å²) in [5.41, 5.74) is 6.09. The van der Waals surface area contributed by atoms with Crippen molar-refractivity contribution in [1.29, 1.82) is 0 Å². The Bertz CT molecular complexity index is 143. The molecule has 0 aliphatic heterocycles. The molecule has 0 saturated heterocycles. The number of hydrogen-bond donors (Lipinski definition) is 1. The largest absolute Gasteiger partial charge is 0.466 e. The van der Waals surface area contributed by atoms with Crippen LogP contribution in [0.1, 0.15) is 20.8 Å². The maximum absolute atomic E-state index is 5.40. The fraction of sp³-hybridized carbons (Fsp3) is 0.429. The minimum absolute atomic E-state index is 0.664. The van der Waals surface area contributed by atoms with E-state index in [1.165, 1.54) is 0 Å². The van der Waals surface area contributed by atoms with E-state index in [-0.39, 0.29) is 0 Å². The van der Waals surface area contributed by atoms with Crippen molar-refractivity contribution in [3.63, 3.8) is 0 Å². The van der Waals surface area contributed by atoms with Crippen molar-refractivity contribution in [2.75, 3.05) is 0 Å². The first-order valence-corrected chi connectivity index (χ1v) is 2.80. The summed E-state index contributed by atoms with van der Waals surface area (Å²) in [5, 5.41) is 0. The third kappa shape index (κ3) is 3.64. The molecule has 0 aliphatic carbocycles. The number of ether oxygens (including phenoxy) is 1. The molecule has 0 atom stereocenters. The maximum atomic E-state index is 5.40. The van der Waals surface area contributed by atoms with Crippen LogP contribution in [-0.4, -0.2) is 0 Å². The maximum Gasteiger partial charge on any atom is 0.119 e. The third-order valence-corrected chi connectivity index (χ3v) is 0.883. The molecule has 9 heavy (non-hydrogen) atoms. The zero-order valence-electron chi connectivity index (χ0n) is 6.19. The van der Waals surface area contributed by atoms with Gasteiger partial charge in [-0.3, -0.25) is 0 Å². The average Bonchev–Trinajstić information content (AvgIpc) is 1.63. The SMILES string of the molecule is C=C(C)O/C(C)=C(/C)N. The Hall–Kier alpha value is -0.920. The Balaban J connectivity index is 3.92. The van der Waals surface area contributed by atoms with E-state index in [1.54, 1.807) is 13.8 Å². The van der Waals surface area contributed by atoms with Crippen molar-refractivity contribution < 1.29 is 4.74 Å². The van der Waals surface area contributed by atoms with E-state index in [4.69, 9.17) is 10.5 Å². The molecule has 0 saturated carbocycles. The number of rotatable bonds is 2. The smallest absolute Gasteiger partial charge is 0.119 e. The fourth-order valence-electron chi connectivity index (χ4n) is 0.342. The molecule has 0 aromatic carbocycles. The molecule has 0 aliphatic rings. The van der Waals surface area contributed by atoms with Gasteiger partial charge in [0, 0.05) is 5.70 Å². The molecule has 0 aromatic heterocycles. The quantitative estimate of drug-likeness (QED) is 0.573. The predicted molar refractivity (Wildman–Crippen MR) is 38.5 cm³/mol. The summed E-state index contributed by atoms with van der Waals surface area (Å²) >= 11 is 0. The highest BCUT2D eigenvalue weighted by Crippen LogP contribution is 2.03. The molecule has 2 nitrogen and oxygen atoms in total. The molecular formula is C7H13NO. The van der Waals surface area contributed by atoms with Crippen molar-refractivity contribution in [2.24, 2.45) is 5.73 Å². The van der Waals surface area contributed by atoms with Gasteiger partial charge in [0.1, 0.15) is 5.76 Å². The van der Waals surface area contributed by atoms with Gasteiger partial charge < -0.3 is 10.5 Å². The van der Waals surface area contributed by atoms with Crippen LogP contribution in [0.4, 0.5) is 0 Å². The third-order valence-electron chi connectivity index (χ3n) is 0.883. The molecule has 0 radical (unpaired) electrons. The normalized spacial score (nSPS) is 12.3. The lowest BCUT2D eigenvalue weighted by Crippen LogP contribution is -1.97. The van der Waals surface area contributed by atoms with Crippen LogP contribution in [0.25, 0.3) is 0 Å². The molecule has 0 unspecified atom stereocenters. The summed E-state index contributed by atoms with van der Waals surface area (Å²) in [7, 11) is 0. The topological polar surface area (TPSA) is 35.2 Å². The molecule has 0 aromatic rings. The van der Waals surface area contributed by atoms with Gasteiger partial charge in [0.05, 0.1) is 5.76 Å². The van der Waals surface area contributed by atoms with Crippen LogP contribution in [0.2, 0.25) is 0 Å². The second kappa shape index (κ2) is 3.17. The summed E-state index contributed by atoms with van der Waals surface area (Å²) in [6, 6.07) is 0. The summed E-state index contributed by atoms with van der Waals surface area (Å²) in [4.78, 5) is 0. The standard InChI is InChI=1S/C7H13NO/c1-5(2)9-7(4)6(3)8/h1,8H2,2-4H3/b7-6-. The highest BCUT2D eigenvalue weighted by atomic mass is 16.5. The van der Waals surface area contributed by atoms with E-state index in [9.17, 15) is 0 Å². The summed E-state index contributed by atoms with van der Waals surface area (Å²) in [5.74, 6) is 1.39. The highest BCUT2D eigenvalue weighted by Gasteiger charge is 1.91. The average molecular weight is 127 g/mol. The Morgan fingerprint density at radius 3 is 1.89 bits per heavy atom. The first-order valence-electron chi connectivity index (χ1n) is 2.80. The number of nitrogens with two attached hydrogens (primary N) is 1. The molecule has 0 spiro atoms. The minimum Gasteiger partial charge on any atom is -0.466 e. The first-order chi connectivity index (χ1) is 4.04. The van der Waals surface area contributed by atoms with Gasteiger partial charge in [-0.15, -0.1) is 0 Å². The van der Waals surface area contributed by atoms with Crippen molar-refractivity contribution >= 4 is 0 Å². The van der Waals surface area contributed by atoms with Gasteiger partial charge in [0.2, 0.25) is 0 Å². The molecule has 0 rings (SSSR count). The molecule has 0 bridgehead atoms. The van der Waals surface area contributed by atoms with Crippen molar-refractivity contribution in [2.45, 2.75) is 20.8 Å². The van der Waals surface area contributed by atoms with Crippen LogP contribution < -0.4 is 5.73 Å². The molecule has 2 heteroatoms. The second-order valence-corrected chi connectivity index (χ2v) is 2.04. The van der Waals surface area contributed by atoms with E-state index >= 15 is 0 Å². The Morgan fingerprint density at radius 1 is 1.33 bits per heavy atom. The van der Waals surface area contributed by atoms with E-state index < -0.39 is 0 Å². The van der Waals surface area contributed by atoms with Crippen molar-refractivity contribution in [1.82, 2.24) is 0 Å². The minimum atomic E-state index is 0.664. The highest BCUT2D eigenvalue weighted by molar-refractivity contribution is 5.00. The zero-order chi connectivity index (χ0) is 7.44. The Morgan fingerprint density at radius 2 is 1.78 bits per heavy atom. The predicted octanol–water partition coefficient (Wildman–Crippen LogP) is 1.75. The zero-order valence-corrected chi connectivity index (χ0v) is 6.19. The molecule has 2 N–H and O–H groups in total. The van der Waals surface area contributed by atoms with Crippen molar-refractivity contribution in [3.05, 3.63) is 23.8 Å². The molecule has 0 heterocycles. The van der Waals surface area contributed by atoms with Crippen LogP contribution in [0.15, 0.2) is 23.8 Å². The van der Waals surface area contributed by atoms with Crippen molar-refractivity contribution in [3.8, 4) is 0 Å². The first kappa shape index (κ1) is 8.08. The van der Waals surface area contributed by atoms with Gasteiger partial charge in [-0.05, 0) is 20.8 Å². The van der Waals surface area contributed by atoms with E-state index in [0.29, 0.717) is 11.5 Å². The lowest BCUT2D eigenvalue weighted by molar-refractivity contribution is 0.306. The monoisotopic (exact) mass is 127 g/mol. The van der Waals surface area contributed by atoms with Gasteiger partial charge in [-0.1, -0.05) is 6.58 Å². The molecule has 0 amide bonds. The van der Waals surface area contributed by atoms with E-state index in [1.807, 2.05) is 6.92 Å². The molecule has 52 valence electrons. The Kier molecular flexibility index (Phi) is 2.85. The van der Waals surface area contributed by atoms with Gasteiger partial charge in [0.15, 0.2) is 0 Å². The van der Waals surface area contributed by atoms with Gasteiger partial charge in [0.25, 0.3) is 0 Å². The van der Waals surface area contributed by atoms with Gasteiger partial charge in [-0.2, -0.15) is 0 Å². The van der Waals surface area contributed by atoms with Gasteiger partial charge >= 0.3 is 0 Å². The van der Waals surface area contributed by atoms with E-state index in [0.717, 1.165) is 5.76 Å². The summed E-state index contributed by atoms with van der Waals surface area (Å²) in [6.45, 7) is 8.95. The summed E-state index contributed by atoms with van der Waals surface area (Å²) < 4.78 is 5.07. The van der Waals surface area contributed by atoms with Gasteiger partial charge in [-0.25, -0.2) is 0 Å². The Labute approximate surface area is 56.0 Å². The molecular weight excluding hydrogens is 114 g/mol. The van der Waals surface area contributed by atoms with Crippen LogP contribution >= 0.6 is 0 Å². The number of allylic oxidation sites excluding steroid dienone is 3. The second-order valence-electron chi connectivity index (χ2n) is 2.04. The van der Waals surface area contributed by atoms with Crippen LogP contribution in [0.3, 0.4) is 0 Å². The lowest BCUT2D eigenvalue weighted by Gasteiger charge is -2.04. The lowest BCUT2D eigenvalue weighted by atomic mass is 10.4. The number of hydrogen-bond acceptors (Lipinski definition) is 2. The summed E-state index contributed by atoms with van der Waals surface area (Å²) in [6.07, 6.45) is 0. The van der Waals surface area contributed by atoms with Crippen LogP contribution in [0.5, 0.6) is 0 Å². The van der Waals surface area contributed by atoms with E-state index in [2.05, 4.69) is 6.58 Å².